The third-order valence-electron chi connectivity index (χ3n) is 5.01. The van der Waals surface area contributed by atoms with Gasteiger partial charge in [-0.1, -0.05) is 30.3 Å². The monoisotopic (exact) mass is 417 g/mol. The number of hydrogen-bond donors (Lipinski definition) is 4. The highest BCUT2D eigenvalue weighted by Gasteiger charge is 2.29. The molecule has 0 saturated heterocycles. The Kier molecular flexibility index (Phi) is 5.51. The topological polar surface area (TPSA) is 104 Å². The van der Waals surface area contributed by atoms with Crippen LogP contribution in [-0.4, -0.2) is 17.0 Å². The van der Waals surface area contributed by atoms with Crippen LogP contribution in [0, 0.1) is 5.82 Å². The Morgan fingerprint density at radius 1 is 1.03 bits per heavy atom. The predicted octanol–water partition coefficient (Wildman–Crippen LogP) is 3.84. The van der Waals surface area contributed by atoms with Gasteiger partial charge in [-0.3, -0.25) is 9.59 Å². The van der Waals surface area contributed by atoms with Gasteiger partial charge < -0.3 is 21.5 Å². The number of anilines is 2. The quantitative estimate of drug-likeness (QED) is 0.456. The van der Waals surface area contributed by atoms with Crippen LogP contribution < -0.4 is 16.4 Å². The van der Waals surface area contributed by atoms with E-state index in [1.165, 1.54) is 12.1 Å². The van der Waals surface area contributed by atoms with Crippen LogP contribution in [0.25, 0.3) is 11.3 Å². The van der Waals surface area contributed by atoms with Crippen LogP contribution in [0.3, 0.4) is 0 Å². The summed E-state index contributed by atoms with van der Waals surface area (Å²) in [6.07, 6.45) is -0.143. The fourth-order valence-electron chi connectivity index (χ4n) is 3.55. The highest BCUT2D eigenvalue weighted by Crippen LogP contribution is 2.38. The third-order valence-corrected chi connectivity index (χ3v) is 5.01. The van der Waals surface area contributed by atoms with Gasteiger partial charge in [-0.2, -0.15) is 0 Å². The zero-order chi connectivity index (χ0) is 22.0. The minimum Gasteiger partial charge on any atom is -0.481 e. The van der Waals surface area contributed by atoms with Gasteiger partial charge in [0.1, 0.15) is 5.82 Å². The molecule has 3 aromatic rings. The van der Waals surface area contributed by atoms with Gasteiger partial charge in [-0.15, -0.1) is 0 Å². The highest BCUT2D eigenvalue weighted by molar-refractivity contribution is 6.37. The first-order valence-corrected chi connectivity index (χ1v) is 9.67. The fourth-order valence-corrected chi connectivity index (χ4v) is 3.55. The fraction of sp³-hybridized carbons (Fsp3) is 0.0833. The summed E-state index contributed by atoms with van der Waals surface area (Å²) in [7, 11) is 0. The van der Waals surface area contributed by atoms with E-state index in [2.05, 4.69) is 10.6 Å². The normalized spacial score (nSPS) is 14.1. The molecule has 4 rings (SSSR count). The summed E-state index contributed by atoms with van der Waals surface area (Å²) in [5.74, 6) is -1.77. The Labute approximate surface area is 178 Å². The third kappa shape index (κ3) is 4.31. The van der Waals surface area contributed by atoms with Gasteiger partial charge in [0, 0.05) is 17.8 Å². The van der Waals surface area contributed by atoms with Gasteiger partial charge in [0.05, 0.1) is 23.4 Å². The van der Waals surface area contributed by atoms with Crippen molar-refractivity contribution in [2.24, 2.45) is 5.73 Å². The molecule has 0 fully saturated rings. The van der Waals surface area contributed by atoms with Crippen molar-refractivity contribution in [1.29, 1.82) is 0 Å². The molecule has 156 valence electrons. The molecule has 0 unspecified atom stereocenters. The molecule has 0 atom stereocenters. The van der Waals surface area contributed by atoms with Gasteiger partial charge in [0.2, 0.25) is 0 Å². The van der Waals surface area contributed by atoms with Crippen molar-refractivity contribution in [3.8, 4) is 0 Å². The van der Waals surface area contributed by atoms with Crippen LogP contribution in [0.4, 0.5) is 15.8 Å². The maximum Gasteiger partial charge on any atom is 0.307 e. The second kappa shape index (κ2) is 8.41. The number of nitrogens with two attached hydrogens (primary N) is 1. The molecule has 6 nitrogen and oxygen atoms in total. The number of fused-ring (bicyclic) bond motifs is 1. The number of amides is 1. The maximum absolute atomic E-state index is 13.7. The SMILES string of the molecule is NCc1ccc(N/C(=C2\C(=O)Nc3cc(F)ccc32)c2cccc(CC(=O)O)c2)cc1. The number of nitrogens with one attached hydrogen (secondary N) is 2. The van der Waals surface area contributed by atoms with Gasteiger partial charge >= 0.3 is 5.97 Å². The average Bonchev–Trinajstić information content (AvgIpc) is 3.06. The maximum atomic E-state index is 13.7. The number of benzene rings is 3. The van der Waals surface area contributed by atoms with Gasteiger partial charge in [0.25, 0.3) is 5.91 Å². The average molecular weight is 417 g/mol. The lowest BCUT2D eigenvalue weighted by atomic mass is 9.98. The van der Waals surface area contributed by atoms with Gasteiger partial charge in [-0.25, -0.2) is 4.39 Å². The van der Waals surface area contributed by atoms with Crippen molar-refractivity contribution in [2.75, 3.05) is 10.6 Å². The van der Waals surface area contributed by atoms with E-state index in [9.17, 15) is 14.0 Å². The minimum absolute atomic E-state index is 0.143. The Morgan fingerprint density at radius 2 is 1.81 bits per heavy atom. The first-order valence-electron chi connectivity index (χ1n) is 9.67. The Bertz CT molecular complexity index is 1200. The number of hydrogen-bond acceptors (Lipinski definition) is 4. The molecule has 1 amide bonds. The summed E-state index contributed by atoms with van der Waals surface area (Å²) in [5.41, 5.74) is 10.4. The van der Waals surface area contributed by atoms with Crippen molar-refractivity contribution in [2.45, 2.75) is 13.0 Å². The Morgan fingerprint density at radius 3 is 2.52 bits per heavy atom. The number of carbonyl (C=O) groups excluding carboxylic acids is 1. The Hall–Kier alpha value is -3.97. The molecular weight excluding hydrogens is 397 g/mol. The van der Waals surface area contributed by atoms with E-state index in [0.717, 1.165) is 11.3 Å². The molecule has 1 heterocycles. The zero-order valence-electron chi connectivity index (χ0n) is 16.5. The summed E-state index contributed by atoms with van der Waals surface area (Å²) in [5, 5.41) is 15.1. The standard InChI is InChI=1S/C24H20FN3O3/c25-17-6-9-19-20(12-17)28-24(31)22(19)23(27-18-7-4-14(13-26)5-8-18)16-3-1-2-15(10-16)11-21(29)30/h1-10,12,27H,11,13,26H2,(H,28,31)(H,29,30)/b23-22-. The first kappa shape index (κ1) is 20.3. The van der Waals surface area contributed by atoms with E-state index in [1.807, 2.05) is 24.3 Å². The van der Waals surface area contributed by atoms with Crippen LogP contribution in [-0.2, 0) is 22.6 Å². The molecular formula is C24H20FN3O3. The Balaban J connectivity index is 1.87. The molecule has 7 heteroatoms. The number of carbonyl (C=O) groups is 2. The van der Waals surface area contributed by atoms with Crippen molar-refractivity contribution in [1.82, 2.24) is 0 Å². The molecule has 0 radical (unpaired) electrons. The van der Waals surface area contributed by atoms with Crippen LogP contribution >= 0.6 is 0 Å². The zero-order valence-corrected chi connectivity index (χ0v) is 16.5. The highest BCUT2D eigenvalue weighted by atomic mass is 19.1. The van der Waals surface area contributed by atoms with E-state index in [-0.39, 0.29) is 12.3 Å². The molecule has 1 aliphatic rings. The number of rotatable bonds is 6. The lowest BCUT2D eigenvalue weighted by molar-refractivity contribution is -0.136. The van der Waals surface area contributed by atoms with Crippen LogP contribution in [0.2, 0.25) is 0 Å². The summed E-state index contributed by atoms with van der Waals surface area (Å²) in [6.45, 7) is 0.410. The molecule has 0 aromatic heterocycles. The summed E-state index contributed by atoms with van der Waals surface area (Å²) in [6, 6.07) is 18.6. The van der Waals surface area contributed by atoms with E-state index < -0.39 is 11.8 Å². The molecule has 5 N–H and O–H groups in total. The molecule has 0 aliphatic carbocycles. The van der Waals surface area contributed by atoms with Gasteiger partial charge in [-0.05, 0) is 53.1 Å². The van der Waals surface area contributed by atoms with Crippen molar-refractivity contribution in [3.05, 3.63) is 94.8 Å². The molecule has 0 saturated carbocycles. The summed E-state index contributed by atoms with van der Waals surface area (Å²) in [4.78, 5) is 24.0. The molecule has 31 heavy (non-hydrogen) atoms. The van der Waals surface area contributed by atoms with E-state index in [4.69, 9.17) is 10.8 Å². The molecule has 0 bridgehead atoms. The minimum atomic E-state index is -0.948. The number of carboxylic acid groups (broad SMARTS) is 1. The smallest absolute Gasteiger partial charge is 0.307 e. The summed E-state index contributed by atoms with van der Waals surface area (Å²) < 4.78 is 13.7. The number of aliphatic carboxylic acids is 1. The lowest BCUT2D eigenvalue weighted by Gasteiger charge is -2.16. The molecule has 0 spiro atoms. The van der Waals surface area contributed by atoms with Crippen LogP contribution in [0.1, 0.15) is 22.3 Å². The van der Waals surface area contributed by atoms with Crippen LogP contribution in [0.15, 0.2) is 66.7 Å². The first-order chi connectivity index (χ1) is 14.9. The largest absolute Gasteiger partial charge is 0.481 e. The van der Waals surface area contributed by atoms with E-state index in [0.29, 0.717) is 40.2 Å². The predicted molar refractivity (Wildman–Crippen MR) is 118 cm³/mol. The second-order valence-corrected chi connectivity index (χ2v) is 7.19. The second-order valence-electron chi connectivity index (χ2n) is 7.19. The van der Waals surface area contributed by atoms with Gasteiger partial charge in [0.15, 0.2) is 0 Å². The van der Waals surface area contributed by atoms with Crippen molar-refractivity contribution in [3.63, 3.8) is 0 Å². The number of halogens is 1. The van der Waals surface area contributed by atoms with E-state index in [1.54, 1.807) is 30.3 Å². The lowest BCUT2D eigenvalue weighted by Crippen LogP contribution is -2.10. The molecule has 1 aliphatic heterocycles. The number of carboxylic acids is 1. The molecule has 3 aromatic carbocycles. The van der Waals surface area contributed by atoms with E-state index >= 15 is 0 Å². The van der Waals surface area contributed by atoms with Crippen molar-refractivity contribution < 1.29 is 19.1 Å². The summed E-state index contributed by atoms with van der Waals surface area (Å²) >= 11 is 0. The van der Waals surface area contributed by atoms with Crippen molar-refractivity contribution >= 4 is 34.5 Å². The van der Waals surface area contributed by atoms with Crippen LogP contribution in [0.5, 0.6) is 0 Å².